The van der Waals surface area contributed by atoms with Gasteiger partial charge >= 0.3 is 12.1 Å². The number of esters is 1. The van der Waals surface area contributed by atoms with Crippen molar-refractivity contribution in [1.82, 2.24) is 4.90 Å². The Hall–Kier alpha value is -3.53. The summed E-state index contributed by atoms with van der Waals surface area (Å²) >= 11 is 0. The van der Waals surface area contributed by atoms with Gasteiger partial charge in [0.15, 0.2) is 0 Å². The second kappa shape index (κ2) is 9.60. The lowest BCUT2D eigenvalue weighted by molar-refractivity contribution is -0.144. The zero-order valence-corrected chi connectivity index (χ0v) is 16.2. The van der Waals surface area contributed by atoms with Crippen LogP contribution in [-0.2, 0) is 27.3 Å². The zero-order valence-electron chi connectivity index (χ0n) is 16.2. The Balaban J connectivity index is 1.54. The Morgan fingerprint density at radius 2 is 1.86 bits per heavy atom. The predicted octanol–water partition coefficient (Wildman–Crippen LogP) is 3.06. The Bertz CT molecular complexity index is 887. The fourth-order valence-corrected chi connectivity index (χ4v) is 3.03. The van der Waals surface area contributed by atoms with Crippen LogP contribution in [0.25, 0.3) is 0 Å². The van der Waals surface area contributed by atoms with Gasteiger partial charge in [-0.25, -0.2) is 4.79 Å². The second-order valence-corrected chi connectivity index (χ2v) is 6.61. The van der Waals surface area contributed by atoms with E-state index in [9.17, 15) is 9.59 Å². The molecular weight excluding hydrogens is 372 g/mol. The molecule has 0 radical (unpaired) electrons. The molecule has 150 valence electrons. The number of cyclic esters (lactones) is 1. The number of amides is 1. The summed E-state index contributed by atoms with van der Waals surface area (Å²) in [5, 5.41) is 8.83. The largest absolute Gasteiger partial charge is 0.489 e. The molecule has 1 fully saturated rings. The highest BCUT2D eigenvalue weighted by atomic mass is 16.6. The van der Waals surface area contributed by atoms with E-state index in [4.69, 9.17) is 19.5 Å². The molecule has 1 aliphatic rings. The van der Waals surface area contributed by atoms with Gasteiger partial charge in [-0.15, -0.1) is 0 Å². The third-order valence-corrected chi connectivity index (χ3v) is 4.56. The van der Waals surface area contributed by atoms with Crippen molar-refractivity contribution in [3.8, 4) is 11.8 Å². The number of carbonyl (C=O) groups is 2. The molecule has 1 saturated heterocycles. The topological polar surface area (TPSA) is 88.9 Å². The number of nitrogens with zero attached hydrogens (tertiary/aromatic N) is 2. The van der Waals surface area contributed by atoms with Crippen LogP contribution in [-0.4, -0.2) is 42.8 Å². The molecule has 0 spiro atoms. The van der Waals surface area contributed by atoms with Crippen LogP contribution >= 0.6 is 0 Å². The minimum atomic E-state index is -0.495. The molecule has 0 bridgehead atoms. The van der Waals surface area contributed by atoms with Crippen LogP contribution in [0.1, 0.15) is 23.6 Å². The highest BCUT2D eigenvalue weighted by Gasteiger charge is 2.34. The molecule has 3 rings (SSSR count). The Morgan fingerprint density at radius 3 is 2.52 bits per heavy atom. The molecule has 29 heavy (non-hydrogen) atoms. The maximum absolute atomic E-state index is 11.9. The van der Waals surface area contributed by atoms with Gasteiger partial charge in [-0.05, 0) is 48.7 Å². The lowest BCUT2D eigenvalue weighted by Crippen LogP contribution is -2.39. The lowest BCUT2D eigenvalue weighted by Gasteiger charge is -2.20. The molecule has 2 aromatic carbocycles. The Labute approximate surface area is 169 Å². The molecule has 1 amide bonds. The number of carbonyl (C=O) groups excluding carboxylic acids is 2. The van der Waals surface area contributed by atoms with Gasteiger partial charge in [-0.2, -0.15) is 5.26 Å². The third kappa shape index (κ3) is 5.48. The number of hydrogen-bond acceptors (Lipinski definition) is 6. The quantitative estimate of drug-likeness (QED) is 0.640. The van der Waals surface area contributed by atoms with E-state index in [0.29, 0.717) is 18.6 Å². The van der Waals surface area contributed by atoms with Crippen molar-refractivity contribution in [1.29, 1.82) is 5.26 Å². The first-order chi connectivity index (χ1) is 14.1. The van der Waals surface area contributed by atoms with Crippen molar-refractivity contribution in [3.63, 3.8) is 0 Å². The number of ether oxygens (including phenoxy) is 3. The normalized spacial score (nSPS) is 15.5. The van der Waals surface area contributed by atoms with Crippen LogP contribution in [0.3, 0.4) is 0 Å². The predicted molar refractivity (Wildman–Crippen MR) is 104 cm³/mol. The first-order valence-electron chi connectivity index (χ1n) is 9.39. The minimum absolute atomic E-state index is 0.108. The molecule has 7 nitrogen and oxygen atoms in total. The average molecular weight is 394 g/mol. The number of benzene rings is 2. The average Bonchev–Trinajstić information content (AvgIpc) is 3.07. The van der Waals surface area contributed by atoms with E-state index >= 15 is 0 Å². The van der Waals surface area contributed by atoms with Gasteiger partial charge in [-0.1, -0.05) is 24.3 Å². The molecule has 0 unspecified atom stereocenters. The van der Waals surface area contributed by atoms with Crippen LogP contribution < -0.4 is 4.74 Å². The first kappa shape index (κ1) is 20.2. The van der Waals surface area contributed by atoms with E-state index in [1.165, 1.54) is 4.90 Å². The molecule has 1 atom stereocenters. The highest BCUT2D eigenvalue weighted by Crippen LogP contribution is 2.20. The smallest absolute Gasteiger partial charge is 0.410 e. The summed E-state index contributed by atoms with van der Waals surface area (Å²) in [7, 11) is 0. The maximum atomic E-state index is 11.9. The zero-order chi connectivity index (χ0) is 20.6. The Morgan fingerprint density at radius 1 is 1.17 bits per heavy atom. The van der Waals surface area contributed by atoms with Crippen LogP contribution in [0.2, 0.25) is 0 Å². The van der Waals surface area contributed by atoms with Crippen LogP contribution in [0.4, 0.5) is 4.79 Å². The van der Waals surface area contributed by atoms with Crippen molar-refractivity contribution in [2.24, 2.45) is 0 Å². The van der Waals surface area contributed by atoms with E-state index in [2.05, 4.69) is 6.07 Å². The Kier molecular flexibility index (Phi) is 6.69. The van der Waals surface area contributed by atoms with E-state index in [1.807, 2.05) is 36.4 Å². The molecule has 2 aromatic rings. The van der Waals surface area contributed by atoms with Gasteiger partial charge in [0.2, 0.25) is 0 Å². The molecule has 0 aliphatic carbocycles. The maximum Gasteiger partial charge on any atom is 0.410 e. The van der Waals surface area contributed by atoms with Crippen LogP contribution in [0.15, 0.2) is 48.5 Å². The van der Waals surface area contributed by atoms with Crippen LogP contribution in [0, 0.1) is 11.3 Å². The fraction of sp³-hybridized carbons (Fsp3) is 0.318. The number of nitriles is 1. The van der Waals surface area contributed by atoms with Crippen molar-refractivity contribution < 1.29 is 23.8 Å². The van der Waals surface area contributed by atoms with Gasteiger partial charge < -0.3 is 14.2 Å². The van der Waals surface area contributed by atoms with E-state index in [1.54, 1.807) is 19.1 Å². The summed E-state index contributed by atoms with van der Waals surface area (Å²) in [5.74, 6) is 0.281. The highest BCUT2D eigenvalue weighted by molar-refractivity contribution is 5.79. The molecular formula is C22H22N2O5. The van der Waals surface area contributed by atoms with E-state index in [0.717, 1.165) is 16.9 Å². The molecule has 0 saturated carbocycles. The van der Waals surface area contributed by atoms with Crippen LogP contribution in [0.5, 0.6) is 5.75 Å². The van der Waals surface area contributed by atoms with Gasteiger partial charge in [-0.3, -0.25) is 9.69 Å². The molecule has 1 aliphatic heterocycles. The number of hydrogen-bond donors (Lipinski definition) is 0. The van der Waals surface area contributed by atoms with E-state index in [-0.39, 0.29) is 25.8 Å². The van der Waals surface area contributed by atoms with Gasteiger partial charge in [0.25, 0.3) is 0 Å². The summed E-state index contributed by atoms with van der Waals surface area (Å²) < 4.78 is 15.8. The van der Waals surface area contributed by atoms with Gasteiger partial charge in [0, 0.05) is 0 Å². The van der Waals surface area contributed by atoms with Crippen molar-refractivity contribution in [2.75, 3.05) is 19.8 Å². The van der Waals surface area contributed by atoms with Crippen molar-refractivity contribution >= 4 is 12.1 Å². The van der Waals surface area contributed by atoms with Gasteiger partial charge in [0.1, 0.15) is 25.5 Å². The fourth-order valence-electron chi connectivity index (χ4n) is 3.03. The first-order valence-corrected chi connectivity index (χ1v) is 9.39. The summed E-state index contributed by atoms with van der Waals surface area (Å²) in [5.41, 5.74) is 2.60. The molecule has 1 heterocycles. The molecule has 0 aromatic heterocycles. The monoisotopic (exact) mass is 394 g/mol. The molecule has 7 heteroatoms. The molecule has 0 N–H and O–H groups in total. The van der Waals surface area contributed by atoms with E-state index < -0.39 is 12.1 Å². The summed E-state index contributed by atoms with van der Waals surface area (Å²) in [6.07, 6.45) is 0.0755. The lowest BCUT2D eigenvalue weighted by atomic mass is 10.1. The summed E-state index contributed by atoms with van der Waals surface area (Å²) in [6.45, 7) is 2.54. The minimum Gasteiger partial charge on any atom is -0.489 e. The van der Waals surface area contributed by atoms with Crippen molar-refractivity contribution in [2.45, 2.75) is 26.0 Å². The number of rotatable bonds is 8. The second-order valence-electron chi connectivity index (χ2n) is 6.61. The summed E-state index contributed by atoms with van der Waals surface area (Å²) in [6, 6.07) is 16.7. The van der Waals surface area contributed by atoms with Gasteiger partial charge in [0.05, 0.1) is 24.3 Å². The SMILES string of the molecule is CCOC(=O)CN1C(=O)OC[C@@H]1Cc1ccc(OCc2ccc(C#N)cc2)cc1. The standard InChI is InChI=1S/C22H22N2O5/c1-2-27-21(25)13-24-19(15-29-22(24)26)11-16-7-9-20(10-8-16)28-14-18-5-3-17(12-23)4-6-18/h3-10,19H,2,11,13-15H2,1H3/t19-/m0/s1. The summed E-state index contributed by atoms with van der Waals surface area (Å²) in [4.78, 5) is 25.0. The third-order valence-electron chi connectivity index (χ3n) is 4.56. The van der Waals surface area contributed by atoms with Crippen molar-refractivity contribution in [3.05, 3.63) is 65.2 Å².